The van der Waals surface area contributed by atoms with Crippen LogP contribution < -0.4 is 4.74 Å². The minimum absolute atomic E-state index is 0.174. The Morgan fingerprint density at radius 3 is 2.07 bits per heavy atom. The summed E-state index contributed by atoms with van der Waals surface area (Å²) in [7, 11) is -3.43. The van der Waals surface area contributed by atoms with Crippen LogP contribution in [0.25, 0.3) is 0 Å². The highest BCUT2D eigenvalue weighted by Gasteiger charge is 2.43. The molecule has 1 aliphatic rings. The van der Waals surface area contributed by atoms with Crippen molar-refractivity contribution < 1.29 is 27.5 Å². The zero-order valence-electron chi connectivity index (χ0n) is 14.8. The van der Waals surface area contributed by atoms with E-state index in [-0.39, 0.29) is 29.1 Å². The van der Waals surface area contributed by atoms with Gasteiger partial charge in [-0.2, -0.15) is 0 Å². The predicted molar refractivity (Wildman–Crippen MR) is 105 cm³/mol. The number of fused-ring (bicyclic) bond motifs is 1. The van der Waals surface area contributed by atoms with Crippen LogP contribution in [-0.4, -0.2) is 49.2 Å². The fourth-order valence-electron chi connectivity index (χ4n) is 2.86. The van der Waals surface area contributed by atoms with Crippen molar-refractivity contribution in [3.8, 4) is 5.75 Å². The molecule has 0 N–H and O–H groups in total. The molecule has 1 unspecified atom stereocenters. The minimum atomic E-state index is -3.43. The number of carbonyl (C=O) groups is 3. The van der Waals surface area contributed by atoms with E-state index in [2.05, 4.69) is 15.9 Å². The van der Waals surface area contributed by atoms with E-state index in [4.69, 9.17) is 4.74 Å². The molecule has 0 saturated carbocycles. The van der Waals surface area contributed by atoms with Gasteiger partial charge in [0.25, 0.3) is 11.8 Å². The van der Waals surface area contributed by atoms with Gasteiger partial charge in [0.2, 0.25) is 0 Å². The van der Waals surface area contributed by atoms with Gasteiger partial charge in [-0.15, -0.1) is 0 Å². The highest BCUT2D eigenvalue weighted by Crippen LogP contribution is 2.27. The highest BCUT2D eigenvalue weighted by atomic mass is 79.9. The van der Waals surface area contributed by atoms with E-state index in [0.717, 1.165) is 15.6 Å². The quantitative estimate of drug-likeness (QED) is 0.369. The summed E-state index contributed by atoms with van der Waals surface area (Å²) in [5, 5.41) is 0. The van der Waals surface area contributed by atoms with Crippen LogP contribution >= 0.6 is 15.9 Å². The molecule has 2 amide bonds. The molecule has 7 nitrogen and oxygen atoms in total. The molecule has 28 heavy (non-hydrogen) atoms. The second-order valence-corrected chi connectivity index (χ2v) is 9.51. The van der Waals surface area contributed by atoms with Crippen LogP contribution in [0.3, 0.4) is 0 Å². The van der Waals surface area contributed by atoms with Gasteiger partial charge in [0.1, 0.15) is 21.6 Å². The predicted octanol–water partition coefficient (Wildman–Crippen LogP) is 2.45. The fourth-order valence-corrected chi connectivity index (χ4v) is 3.77. The molecule has 0 aromatic heterocycles. The Kier molecular flexibility index (Phi) is 5.66. The third-order valence-electron chi connectivity index (χ3n) is 4.20. The summed E-state index contributed by atoms with van der Waals surface area (Å²) >= 11 is 3.27. The van der Waals surface area contributed by atoms with Gasteiger partial charge in [0.15, 0.2) is 0 Å². The number of rotatable bonds is 6. The van der Waals surface area contributed by atoms with Crippen molar-refractivity contribution in [3.05, 3.63) is 64.1 Å². The molecule has 2 aromatic carbocycles. The lowest BCUT2D eigenvalue weighted by Gasteiger charge is -2.24. The van der Waals surface area contributed by atoms with Crippen molar-refractivity contribution in [1.29, 1.82) is 0 Å². The van der Waals surface area contributed by atoms with Gasteiger partial charge in [-0.25, -0.2) is 13.2 Å². The van der Waals surface area contributed by atoms with Crippen LogP contribution in [0, 0.1) is 0 Å². The van der Waals surface area contributed by atoms with E-state index in [9.17, 15) is 22.8 Å². The first-order valence-electron chi connectivity index (χ1n) is 8.29. The Labute approximate surface area is 170 Å². The van der Waals surface area contributed by atoms with Gasteiger partial charge in [0, 0.05) is 10.7 Å². The molecule has 3 rings (SSSR count). The summed E-state index contributed by atoms with van der Waals surface area (Å²) < 4.78 is 29.3. The van der Waals surface area contributed by atoms with E-state index in [1.807, 2.05) is 0 Å². The molecule has 0 radical (unpaired) electrons. The molecule has 0 spiro atoms. The topological polar surface area (TPSA) is 97.8 Å². The van der Waals surface area contributed by atoms with Gasteiger partial charge in [0.05, 0.1) is 16.9 Å². The molecule has 1 heterocycles. The van der Waals surface area contributed by atoms with Crippen molar-refractivity contribution in [2.24, 2.45) is 0 Å². The number of nitrogens with zero attached hydrogens (tertiary/aromatic N) is 1. The summed E-state index contributed by atoms with van der Waals surface area (Å²) in [6.07, 6.45) is 0.770. The zero-order valence-corrected chi connectivity index (χ0v) is 17.2. The second kappa shape index (κ2) is 7.84. The van der Waals surface area contributed by atoms with Gasteiger partial charge in [-0.3, -0.25) is 14.5 Å². The van der Waals surface area contributed by atoms with Crippen molar-refractivity contribution in [1.82, 2.24) is 4.90 Å². The average Bonchev–Trinajstić information content (AvgIpc) is 2.88. The number of amides is 2. The monoisotopic (exact) mass is 465 g/mol. The number of benzene rings is 2. The first-order chi connectivity index (χ1) is 13.2. The maximum absolute atomic E-state index is 12.8. The molecule has 0 bridgehead atoms. The summed E-state index contributed by atoms with van der Waals surface area (Å²) in [5.41, 5.74) is 0.349. The van der Waals surface area contributed by atoms with Gasteiger partial charge in [-0.05, 0) is 42.8 Å². The summed E-state index contributed by atoms with van der Waals surface area (Å²) in [6, 6.07) is 11.2. The SMILES string of the molecule is CS(=O)(=O)CCC(C(=O)Oc1ccc(Br)cc1)N1C(=O)c2ccccc2C1=O. The fraction of sp³-hybridized carbons (Fsp3) is 0.211. The number of sulfone groups is 1. The van der Waals surface area contributed by atoms with Crippen molar-refractivity contribution in [3.63, 3.8) is 0 Å². The number of halogens is 1. The summed E-state index contributed by atoms with van der Waals surface area (Å²) in [4.78, 5) is 39.0. The second-order valence-electron chi connectivity index (χ2n) is 6.34. The Bertz CT molecular complexity index is 1010. The smallest absolute Gasteiger partial charge is 0.334 e. The van der Waals surface area contributed by atoms with E-state index < -0.39 is 33.7 Å². The van der Waals surface area contributed by atoms with E-state index >= 15 is 0 Å². The van der Waals surface area contributed by atoms with Gasteiger partial charge in [-0.1, -0.05) is 28.1 Å². The Balaban J connectivity index is 1.91. The third-order valence-corrected chi connectivity index (χ3v) is 5.71. The van der Waals surface area contributed by atoms with Crippen LogP contribution in [0.5, 0.6) is 5.75 Å². The first kappa shape index (κ1) is 20.2. The lowest BCUT2D eigenvalue weighted by atomic mass is 10.1. The molecular weight excluding hydrogens is 450 g/mol. The Hall–Kier alpha value is -2.52. The molecule has 0 fully saturated rings. The summed E-state index contributed by atoms with van der Waals surface area (Å²) in [6.45, 7) is 0. The normalized spacial score (nSPS) is 14.7. The molecule has 0 aliphatic carbocycles. The standard InChI is InChI=1S/C19H16BrNO6S/c1-28(25,26)11-10-16(19(24)27-13-8-6-12(20)7-9-13)21-17(22)14-4-2-3-5-15(14)18(21)23/h2-9,16H,10-11H2,1H3. The van der Waals surface area contributed by atoms with Crippen molar-refractivity contribution in [2.45, 2.75) is 12.5 Å². The van der Waals surface area contributed by atoms with E-state index in [1.54, 1.807) is 24.3 Å². The lowest BCUT2D eigenvalue weighted by Crippen LogP contribution is -2.47. The summed E-state index contributed by atoms with van der Waals surface area (Å²) in [5.74, 6) is -2.33. The van der Waals surface area contributed by atoms with Crippen LogP contribution in [-0.2, 0) is 14.6 Å². The molecule has 146 valence electrons. The average molecular weight is 466 g/mol. The van der Waals surface area contributed by atoms with E-state index in [0.29, 0.717) is 0 Å². The van der Waals surface area contributed by atoms with Crippen LogP contribution in [0.2, 0.25) is 0 Å². The third kappa shape index (κ3) is 4.31. The molecule has 9 heteroatoms. The number of carbonyl (C=O) groups excluding carboxylic acids is 3. The zero-order chi connectivity index (χ0) is 20.5. The molecular formula is C19H16BrNO6S. The largest absolute Gasteiger partial charge is 0.425 e. The number of esters is 1. The maximum Gasteiger partial charge on any atom is 0.334 e. The Morgan fingerprint density at radius 1 is 1.04 bits per heavy atom. The Morgan fingerprint density at radius 2 is 1.57 bits per heavy atom. The van der Waals surface area contributed by atoms with Crippen LogP contribution in [0.15, 0.2) is 53.0 Å². The maximum atomic E-state index is 12.8. The van der Waals surface area contributed by atoms with Crippen LogP contribution in [0.4, 0.5) is 0 Å². The molecule has 0 saturated heterocycles. The lowest BCUT2D eigenvalue weighted by molar-refractivity contribution is -0.138. The number of hydrogen-bond acceptors (Lipinski definition) is 6. The first-order valence-corrected chi connectivity index (χ1v) is 11.1. The van der Waals surface area contributed by atoms with Crippen LogP contribution in [0.1, 0.15) is 27.1 Å². The minimum Gasteiger partial charge on any atom is -0.425 e. The molecule has 2 aromatic rings. The van der Waals surface area contributed by atoms with Gasteiger partial charge < -0.3 is 4.74 Å². The molecule has 1 aliphatic heterocycles. The molecule has 1 atom stereocenters. The highest BCUT2D eigenvalue weighted by molar-refractivity contribution is 9.10. The number of imide groups is 1. The van der Waals surface area contributed by atoms with Crippen molar-refractivity contribution in [2.75, 3.05) is 12.0 Å². The van der Waals surface area contributed by atoms with Crippen molar-refractivity contribution >= 4 is 43.6 Å². The number of ether oxygens (including phenoxy) is 1. The van der Waals surface area contributed by atoms with E-state index in [1.165, 1.54) is 24.3 Å². The number of hydrogen-bond donors (Lipinski definition) is 0. The van der Waals surface area contributed by atoms with Gasteiger partial charge >= 0.3 is 5.97 Å².